The predicted molar refractivity (Wildman–Crippen MR) is 86.7 cm³/mol. The maximum Gasteiger partial charge on any atom is 0.287 e. The molecule has 0 aliphatic heterocycles. The topological polar surface area (TPSA) is 96.0 Å². The van der Waals surface area contributed by atoms with Crippen LogP contribution < -0.4 is 5.32 Å². The SMILES string of the molecule is N#C/C(=C\c1ccc([N+](=O)[O-])c(Cl)c1)C(=O)NC1CCCCC1. The molecule has 1 aromatic rings. The van der Waals surface area contributed by atoms with Gasteiger partial charge in [-0.3, -0.25) is 14.9 Å². The average Bonchev–Trinajstić information content (AvgIpc) is 2.53. The third-order valence-corrected chi connectivity index (χ3v) is 4.09. The molecule has 1 aliphatic rings. The Morgan fingerprint density at radius 1 is 1.39 bits per heavy atom. The molecule has 1 aromatic carbocycles. The van der Waals surface area contributed by atoms with E-state index in [-0.39, 0.29) is 22.3 Å². The molecule has 7 heteroatoms. The van der Waals surface area contributed by atoms with Crippen LogP contribution in [0.4, 0.5) is 5.69 Å². The summed E-state index contributed by atoms with van der Waals surface area (Å²) in [5.74, 6) is -0.422. The number of rotatable bonds is 4. The van der Waals surface area contributed by atoms with Gasteiger partial charge in [-0.2, -0.15) is 5.26 Å². The van der Waals surface area contributed by atoms with Crippen LogP contribution in [-0.4, -0.2) is 16.9 Å². The average molecular weight is 334 g/mol. The van der Waals surface area contributed by atoms with Crippen molar-refractivity contribution in [1.29, 1.82) is 5.26 Å². The Morgan fingerprint density at radius 2 is 2.09 bits per heavy atom. The molecule has 6 nitrogen and oxygen atoms in total. The molecule has 23 heavy (non-hydrogen) atoms. The van der Waals surface area contributed by atoms with Gasteiger partial charge in [0.2, 0.25) is 0 Å². The third-order valence-electron chi connectivity index (χ3n) is 3.78. The molecule has 0 saturated heterocycles. The normalized spacial score (nSPS) is 15.7. The van der Waals surface area contributed by atoms with Crippen molar-refractivity contribution in [2.24, 2.45) is 0 Å². The Kier molecular flexibility index (Phi) is 5.72. The number of hydrogen-bond acceptors (Lipinski definition) is 4. The zero-order valence-corrected chi connectivity index (χ0v) is 13.2. The summed E-state index contributed by atoms with van der Waals surface area (Å²) in [5, 5.41) is 22.7. The molecule has 0 aromatic heterocycles. The van der Waals surface area contributed by atoms with Crippen molar-refractivity contribution < 1.29 is 9.72 Å². The van der Waals surface area contributed by atoms with Crippen LogP contribution in [0.3, 0.4) is 0 Å². The van der Waals surface area contributed by atoms with Gasteiger partial charge in [0.05, 0.1) is 4.92 Å². The summed E-state index contributed by atoms with van der Waals surface area (Å²) in [6.07, 6.45) is 6.56. The predicted octanol–water partition coefficient (Wildman–Crippen LogP) is 3.60. The molecule has 0 bridgehead atoms. The van der Waals surface area contributed by atoms with Crippen molar-refractivity contribution in [2.45, 2.75) is 38.1 Å². The van der Waals surface area contributed by atoms with Gasteiger partial charge < -0.3 is 5.32 Å². The molecule has 1 N–H and O–H groups in total. The monoisotopic (exact) mass is 333 g/mol. The van der Waals surface area contributed by atoms with Crippen LogP contribution in [0.5, 0.6) is 0 Å². The lowest BCUT2D eigenvalue weighted by molar-refractivity contribution is -0.384. The summed E-state index contributed by atoms with van der Waals surface area (Å²) in [4.78, 5) is 22.3. The fourth-order valence-corrected chi connectivity index (χ4v) is 2.84. The van der Waals surface area contributed by atoms with Crippen molar-refractivity contribution in [3.8, 4) is 6.07 Å². The number of nitro benzene ring substituents is 1. The van der Waals surface area contributed by atoms with Crippen LogP contribution >= 0.6 is 11.6 Å². The molecule has 1 fully saturated rings. The number of nitrogens with one attached hydrogen (secondary N) is 1. The van der Waals surface area contributed by atoms with Crippen LogP contribution in [0.15, 0.2) is 23.8 Å². The number of carbonyl (C=O) groups is 1. The maximum absolute atomic E-state index is 12.2. The van der Waals surface area contributed by atoms with E-state index in [4.69, 9.17) is 11.6 Å². The first kappa shape index (κ1) is 17.0. The third kappa shape index (κ3) is 4.54. The van der Waals surface area contributed by atoms with Crippen LogP contribution in [0, 0.1) is 21.4 Å². The lowest BCUT2D eigenvalue weighted by Gasteiger charge is -2.22. The van der Waals surface area contributed by atoms with E-state index in [1.807, 2.05) is 6.07 Å². The molecule has 0 heterocycles. The summed E-state index contributed by atoms with van der Waals surface area (Å²) >= 11 is 5.83. The second-order valence-electron chi connectivity index (χ2n) is 5.45. The zero-order valence-electron chi connectivity index (χ0n) is 12.4. The second kappa shape index (κ2) is 7.75. The van der Waals surface area contributed by atoms with Crippen molar-refractivity contribution in [2.75, 3.05) is 0 Å². The van der Waals surface area contributed by atoms with Crippen molar-refractivity contribution in [3.63, 3.8) is 0 Å². The van der Waals surface area contributed by atoms with Crippen LogP contribution in [0.25, 0.3) is 6.08 Å². The van der Waals surface area contributed by atoms with Crippen molar-refractivity contribution >= 4 is 29.3 Å². The van der Waals surface area contributed by atoms with Crippen LogP contribution in [0.1, 0.15) is 37.7 Å². The molecular formula is C16H16ClN3O3. The summed E-state index contributed by atoms with van der Waals surface area (Å²) in [7, 11) is 0. The lowest BCUT2D eigenvalue weighted by atomic mass is 9.95. The fraction of sp³-hybridized carbons (Fsp3) is 0.375. The zero-order chi connectivity index (χ0) is 16.8. The molecular weight excluding hydrogens is 318 g/mol. The number of amides is 1. The van der Waals surface area contributed by atoms with E-state index >= 15 is 0 Å². The van der Waals surface area contributed by atoms with Gasteiger partial charge in [-0.05, 0) is 36.6 Å². The number of carbonyl (C=O) groups excluding carboxylic acids is 1. The molecule has 0 unspecified atom stereocenters. The van der Waals surface area contributed by atoms with Crippen molar-refractivity contribution in [3.05, 3.63) is 44.5 Å². The number of hydrogen-bond donors (Lipinski definition) is 1. The molecule has 0 spiro atoms. The first-order chi connectivity index (χ1) is 11.0. The van der Waals surface area contributed by atoms with Crippen molar-refractivity contribution in [1.82, 2.24) is 5.32 Å². The number of nitriles is 1. The highest BCUT2D eigenvalue weighted by Crippen LogP contribution is 2.26. The Hall–Kier alpha value is -2.39. The highest BCUT2D eigenvalue weighted by atomic mass is 35.5. The Morgan fingerprint density at radius 3 is 2.65 bits per heavy atom. The van der Waals surface area contributed by atoms with E-state index in [9.17, 15) is 20.2 Å². The van der Waals surface area contributed by atoms with E-state index in [1.54, 1.807) is 0 Å². The maximum atomic E-state index is 12.2. The van der Waals surface area contributed by atoms with Gasteiger partial charge in [0.25, 0.3) is 11.6 Å². The van der Waals surface area contributed by atoms with E-state index in [1.165, 1.54) is 30.7 Å². The number of halogens is 1. The quantitative estimate of drug-likeness (QED) is 0.394. The van der Waals surface area contributed by atoms with Crippen LogP contribution in [0.2, 0.25) is 5.02 Å². The van der Waals surface area contributed by atoms with Crippen LogP contribution in [-0.2, 0) is 4.79 Å². The second-order valence-corrected chi connectivity index (χ2v) is 5.85. The van der Waals surface area contributed by atoms with Gasteiger partial charge in [0.15, 0.2) is 0 Å². The van der Waals surface area contributed by atoms with E-state index in [2.05, 4.69) is 5.32 Å². The fourth-order valence-electron chi connectivity index (χ4n) is 2.59. The largest absolute Gasteiger partial charge is 0.349 e. The highest BCUT2D eigenvalue weighted by molar-refractivity contribution is 6.32. The summed E-state index contributed by atoms with van der Waals surface area (Å²) in [6.45, 7) is 0. The van der Waals surface area contributed by atoms with Gasteiger partial charge >= 0.3 is 0 Å². The highest BCUT2D eigenvalue weighted by Gasteiger charge is 2.18. The molecule has 2 rings (SSSR count). The Balaban J connectivity index is 2.14. The van der Waals surface area contributed by atoms with Gasteiger partial charge in [0.1, 0.15) is 16.7 Å². The summed E-state index contributed by atoms with van der Waals surface area (Å²) in [6, 6.07) is 6.05. The standard InChI is InChI=1S/C16H16ClN3O3/c17-14-9-11(6-7-15(14)20(22)23)8-12(10-18)16(21)19-13-4-2-1-3-5-13/h6-9,13H,1-5H2,(H,19,21)/b12-8+. The summed E-state index contributed by atoms with van der Waals surface area (Å²) < 4.78 is 0. The minimum atomic E-state index is -0.586. The minimum absolute atomic E-state index is 0.0336. The van der Waals surface area contributed by atoms with E-state index in [0.29, 0.717) is 5.56 Å². The lowest BCUT2D eigenvalue weighted by Crippen LogP contribution is -2.36. The van der Waals surface area contributed by atoms with E-state index in [0.717, 1.165) is 25.7 Å². The first-order valence-electron chi connectivity index (χ1n) is 7.38. The minimum Gasteiger partial charge on any atom is -0.349 e. The number of nitrogens with zero attached hydrogens (tertiary/aromatic N) is 2. The Labute approximate surface area is 138 Å². The molecule has 1 aliphatic carbocycles. The van der Waals surface area contributed by atoms with Gasteiger partial charge in [-0.1, -0.05) is 30.9 Å². The van der Waals surface area contributed by atoms with Gasteiger partial charge in [0, 0.05) is 12.1 Å². The summed E-state index contributed by atoms with van der Waals surface area (Å²) in [5.41, 5.74) is 0.213. The van der Waals surface area contributed by atoms with Gasteiger partial charge in [-0.25, -0.2) is 0 Å². The number of nitro groups is 1. The van der Waals surface area contributed by atoms with Gasteiger partial charge in [-0.15, -0.1) is 0 Å². The molecule has 1 saturated carbocycles. The molecule has 0 atom stereocenters. The Bertz CT molecular complexity index is 688. The van der Waals surface area contributed by atoms with E-state index < -0.39 is 10.8 Å². The first-order valence-corrected chi connectivity index (χ1v) is 7.75. The number of benzene rings is 1. The molecule has 1 amide bonds. The molecule has 120 valence electrons. The smallest absolute Gasteiger partial charge is 0.287 e. The molecule has 0 radical (unpaired) electrons.